The lowest BCUT2D eigenvalue weighted by Crippen LogP contribution is -2.39. The van der Waals surface area contributed by atoms with E-state index in [1.54, 1.807) is 0 Å². The van der Waals surface area contributed by atoms with Crippen molar-refractivity contribution in [1.29, 1.82) is 0 Å². The third-order valence-corrected chi connectivity index (χ3v) is 3.29. The van der Waals surface area contributed by atoms with Gasteiger partial charge in [-0.1, -0.05) is 20.3 Å². The van der Waals surface area contributed by atoms with Crippen LogP contribution in [0.1, 0.15) is 39.5 Å². The minimum absolute atomic E-state index is 0.0891. The molecular formula is C13H25NO3. The van der Waals surface area contributed by atoms with E-state index in [2.05, 4.69) is 12.2 Å². The molecule has 1 aliphatic rings. The van der Waals surface area contributed by atoms with Crippen LogP contribution in [0.4, 0.5) is 0 Å². The van der Waals surface area contributed by atoms with Crippen molar-refractivity contribution in [1.82, 2.24) is 5.32 Å². The quantitative estimate of drug-likeness (QED) is 0.740. The van der Waals surface area contributed by atoms with Crippen molar-refractivity contribution < 1.29 is 14.6 Å². The van der Waals surface area contributed by atoms with Crippen LogP contribution in [0.15, 0.2) is 0 Å². The summed E-state index contributed by atoms with van der Waals surface area (Å²) in [4.78, 5) is 11.9. The molecule has 1 fully saturated rings. The molecule has 3 atom stereocenters. The minimum Gasteiger partial charge on any atom is -0.396 e. The number of rotatable bonds is 6. The summed E-state index contributed by atoms with van der Waals surface area (Å²) in [5.74, 6) is 0.339. The van der Waals surface area contributed by atoms with Crippen LogP contribution in [-0.4, -0.2) is 36.9 Å². The van der Waals surface area contributed by atoms with Crippen molar-refractivity contribution in [3.05, 3.63) is 0 Å². The summed E-state index contributed by atoms with van der Waals surface area (Å²) in [6.45, 7) is 5.43. The fraction of sp³-hybridized carbons (Fsp3) is 0.923. The second kappa shape index (κ2) is 7.67. The lowest BCUT2D eigenvalue weighted by Gasteiger charge is -2.28. The number of amides is 1. The van der Waals surface area contributed by atoms with E-state index < -0.39 is 0 Å². The molecule has 100 valence electrons. The van der Waals surface area contributed by atoms with Gasteiger partial charge in [0.05, 0.1) is 6.10 Å². The normalized spacial score (nSPS) is 26.5. The molecule has 0 spiro atoms. The summed E-state index contributed by atoms with van der Waals surface area (Å²) >= 11 is 0. The summed E-state index contributed by atoms with van der Waals surface area (Å²) in [6.07, 6.45) is 4.05. The van der Waals surface area contributed by atoms with Gasteiger partial charge in [-0.25, -0.2) is 0 Å². The fourth-order valence-corrected chi connectivity index (χ4v) is 2.13. The van der Waals surface area contributed by atoms with Gasteiger partial charge in [-0.3, -0.25) is 4.79 Å². The van der Waals surface area contributed by atoms with Gasteiger partial charge >= 0.3 is 0 Å². The second-order valence-electron chi connectivity index (χ2n) is 5.04. The van der Waals surface area contributed by atoms with Crippen LogP contribution >= 0.6 is 0 Å². The Hall–Kier alpha value is -0.610. The van der Waals surface area contributed by atoms with Gasteiger partial charge in [0.2, 0.25) is 5.91 Å². The van der Waals surface area contributed by atoms with Crippen LogP contribution in [0, 0.1) is 11.8 Å². The highest BCUT2D eigenvalue weighted by molar-refractivity contribution is 5.78. The molecule has 4 heteroatoms. The number of hydrogen-bond donors (Lipinski definition) is 2. The van der Waals surface area contributed by atoms with Crippen LogP contribution < -0.4 is 5.32 Å². The van der Waals surface area contributed by atoms with Crippen molar-refractivity contribution in [2.24, 2.45) is 11.8 Å². The first-order valence-corrected chi connectivity index (χ1v) is 6.67. The number of carbonyl (C=O) groups is 1. The number of carbonyl (C=O) groups excluding carboxylic acids is 1. The smallest absolute Gasteiger partial charge is 0.223 e. The Kier molecular flexibility index (Phi) is 6.52. The number of nitrogens with one attached hydrogen (secondary N) is 1. The molecule has 0 saturated carbocycles. The summed E-state index contributed by atoms with van der Waals surface area (Å²) in [7, 11) is 0. The van der Waals surface area contributed by atoms with E-state index in [-0.39, 0.29) is 30.5 Å². The Morgan fingerprint density at radius 3 is 3.00 bits per heavy atom. The molecule has 1 aliphatic heterocycles. The lowest BCUT2D eigenvalue weighted by atomic mass is 9.92. The Labute approximate surface area is 104 Å². The molecule has 0 aromatic carbocycles. The highest BCUT2D eigenvalue weighted by atomic mass is 16.5. The van der Waals surface area contributed by atoms with Crippen molar-refractivity contribution in [3.8, 4) is 0 Å². The molecule has 0 bridgehead atoms. The van der Waals surface area contributed by atoms with Gasteiger partial charge in [-0.2, -0.15) is 0 Å². The number of aliphatic hydroxyl groups excluding tert-OH is 1. The van der Waals surface area contributed by atoms with Gasteiger partial charge in [0, 0.05) is 25.7 Å². The molecule has 1 amide bonds. The van der Waals surface area contributed by atoms with E-state index in [0.717, 1.165) is 25.7 Å². The Balaban J connectivity index is 2.30. The molecule has 0 aromatic heterocycles. The lowest BCUT2D eigenvalue weighted by molar-refractivity contribution is -0.130. The van der Waals surface area contributed by atoms with Gasteiger partial charge in [0.15, 0.2) is 0 Å². The first-order valence-electron chi connectivity index (χ1n) is 6.67. The Morgan fingerprint density at radius 2 is 2.35 bits per heavy atom. The van der Waals surface area contributed by atoms with Crippen molar-refractivity contribution in [2.75, 3.05) is 19.8 Å². The van der Waals surface area contributed by atoms with E-state index in [0.29, 0.717) is 13.2 Å². The van der Waals surface area contributed by atoms with Crippen molar-refractivity contribution >= 4 is 5.91 Å². The van der Waals surface area contributed by atoms with Crippen LogP contribution in [0.5, 0.6) is 0 Å². The van der Waals surface area contributed by atoms with Gasteiger partial charge in [-0.05, 0) is 25.2 Å². The maximum absolute atomic E-state index is 11.9. The summed E-state index contributed by atoms with van der Waals surface area (Å²) < 4.78 is 5.63. The van der Waals surface area contributed by atoms with Gasteiger partial charge < -0.3 is 15.2 Å². The highest BCUT2D eigenvalue weighted by Crippen LogP contribution is 2.23. The first kappa shape index (κ1) is 14.5. The van der Waals surface area contributed by atoms with Crippen molar-refractivity contribution in [3.63, 3.8) is 0 Å². The summed E-state index contributed by atoms with van der Waals surface area (Å²) in [5, 5.41) is 11.8. The molecule has 0 radical (unpaired) electrons. The van der Waals surface area contributed by atoms with Crippen LogP contribution in [0.25, 0.3) is 0 Å². The third-order valence-electron chi connectivity index (χ3n) is 3.29. The van der Waals surface area contributed by atoms with E-state index in [1.165, 1.54) is 0 Å². The minimum atomic E-state index is 0.0891. The topological polar surface area (TPSA) is 58.6 Å². The monoisotopic (exact) mass is 243 g/mol. The molecule has 4 nitrogen and oxygen atoms in total. The molecule has 1 heterocycles. The average molecular weight is 243 g/mol. The predicted octanol–water partition coefficient (Wildman–Crippen LogP) is 1.33. The number of aliphatic hydroxyl groups is 1. The summed E-state index contributed by atoms with van der Waals surface area (Å²) in [5.41, 5.74) is 0. The maximum atomic E-state index is 11.9. The fourth-order valence-electron chi connectivity index (χ4n) is 2.13. The predicted molar refractivity (Wildman–Crippen MR) is 66.6 cm³/mol. The SMILES string of the molecule is CCCC1CC(C(=O)NCC(C)CO)CCO1. The molecule has 1 rings (SSSR count). The van der Waals surface area contributed by atoms with Crippen LogP contribution in [0.3, 0.4) is 0 Å². The highest BCUT2D eigenvalue weighted by Gasteiger charge is 2.27. The van der Waals surface area contributed by atoms with E-state index in [9.17, 15) is 4.79 Å². The van der Waals surface area contributed by atoms with E-state index in [4.69, 9.17) is 9.84 Å². The molecular weight excluding hydrogens is 218 g/mol. The third kappa shape index (κ3) is 5.04. The standard InChI is InChI=1S/C13H25NO3/c1-3-4-12-7-11(5-6-17-12)13(16)14-8-10(2)9-15/h10-12,15H,3-9H2,1-2H3,(H,14,16). The zero-order valence-corrected chi connectivity index (χ0v) is 10.9. The second-order valence-corrected chi connectivity index (χ2v) is 5.04. The Morgan fingerprint density at radius 1 is 1.59 bits per heavy atom. The maximum Gasteiger partial charge on any atom is 0.223 e. The first-order chi connectivity index (χ1) is 8.17. The average Bonchev–Trinajstić information content (AvgIpc) is 2.36. The molecule has 2 N–H and O–H groups in total. The van der Waals surface area contributed by atoms with E-state index in [1.807, 2.05) is 6.92 Å². The molecule has 0 aliphatic carbocycles. The van der Waals surface area contributed by atoms with Crippen LogP contribution in [0.2, 0.25) is 0 Å². The largest absolute Gasteiger partial charge is 0.396 e. The zero-order chi connectivity index (χ0) is 12.7. The van der Waals surface area contributed by atoms with Gasteiger partial charge in [0.1, 0.15) is 0 Å². The molecule has 3 unspecified atom stereocenters. The molecule has 0 aromatic rings. The van der Waals surface area contributed by atoms with E-state index >= 15 is 0 Å². The van der Waals surface area contributed by atoms with Crippen molar-refractivity contribution in [2.45, 2.75) is 45.6 Å². The zero-order valence-electron chi connectivity index (χ0n) is 10.9. The van der Waals surface area contributed by atoms with Gasteiger partial charge in [0.25, 0.3) is 0 Å². The summed E-state index contributed by atoms with van der Waals surface area (Å²) in [6, 6.07) is 0. The van der Waals surface area contributed by atoms with Gasteiger partial charge in [-0.15, -0.1) is 0 Å². The van der Waals surface area contributed by atoms with Crippen LogP contribution in [-0.2, 0) is 9.53 Å². The molecule has 1 saturated heterocycles. The number of hydrogen-bond acceptors (Lipinski definition) is 3. The molecule has 17 heavy (non-hydrogen) atoms. The number of ether oxygens (including phenoxy) is 1. The Bertz CT molecular complexity index is 231.